The minimum atomic E-state index is -0.731. The molecule has 1 aromatic heterocycles. The van der Waals surface area contributed by atoms with Crippen LogP contribution >= 0.6 is 0 Å². The van der Waals surface area contributed by atoms with Crippen molar-refractivity contribution in [3.63, 3.8) is 0 Å². The molecule has 136 valence electrons. The Hall–Kier alpha value is -3.68. The molecule has 0 saturated carbocycles. The van der Waals surface area contributed by atoms with Crippen LogP contribution in [0.2, 0.25) is 0 Å². The van der Waals surface area contributed by atoms with Gasteiger partial charge >= 0.3 is 11.7 Å². The number of fused-ring (bicyclic) bond motifs is 2. The van der Waals surface area contributed by atoms with Gasteiger partial charge in [-0.25, -0.2) is 9.59 Å². The molecule has 3 aromatic rings. The summed E-state index contributed by atoms with van der Waals surface area (Å²) in [4.78, 5) is 53.2. The number of aryl methyl sites for hydroxylation is 1. The molecule has 8 nitrogen and oxygen atoms in total. The van der Waals surface area contributed by atoms with Crippen LogP contribution in [0.5, 0.6) is 0 Å². The number of carbonyl (C=O) groups is 3. The molecule has 0 radical (unpaired) electrons. The van der Waals surface area contributed by atoms with E-state index in [-0.39, 0.29) is 30.5 Å². The summed E-state index contributed by atoms with van der Waals surface area (Å²) in [6.07, 6.45) is 0.213. The fraction of sp³-hybridized carbons (Fsp3) is 0.158. The number of oxazole rings is 1. The van der Waals surface area contributed by atoms with Crippen LogP contribution in [0, 0.1) is 0 Å². The Labute approximate surface area is 152 Å². The van der Waals surface area contributed by atoms with Gasteiger partial charge in [-0.05, 0) is 30.7 Å². The van der Waals surface area contributed by atoms with E-state index in [9.17, 15) is 19.2 Å². The molecule has 2 amide bonds. The molecule has 0 unspecified atom stereocenters. The predicted octanol–water partition coefficient (Wildman–Crippen LogP) is 2.13. The molecule has 0 saturated heterocycles. The van der Waals surface area contributed by atoms with Crippen molar-refractivity contribution < 1.29 is 23.6 Å². The molecule has 4 rings (SSSR count). The van der Waals surface area contributed by atoms with Crippen molar-refractivity contribution in [2.45, 2.75) is 19.4 Å². The molecule has 2 heterocycles. The molecular weight excluding hydrogens is 352 g/mol. The number of para-hydroxylation sites is 2. The SMILES string of the molecule is O=C(CCCn1c(=O)oc2ccccc21)ON1C(=O)c2ccccc2C1=O. The van der Waals surface area contributed by atoms with E-state index in [4.69, 9.17) is 9.25 Å². The zero-order valence-corrected chi connectivity index (χ0v) is 14.1. The number of rotatable bonds is 5. The number of hydrogen-bond acceptors (Lipinski definition) is 6. The van der Waals surface area contributed by atoms with Gasteiger partial charge in [-0.15, -0.1) is 0 Å². The molecule has 0 aliphatic carbocycles. The lowest BCUT2D eigenvalue weighted by Crippen LogP contribution is -2.32. The van der Waals surface area contributed by atoms with Crippen molar-refractivity contribution >= 4 is 28.9 Å². The van der Waals surface area contributed by atoms with Gasteiger partial charge in [-0.1, -0.05) is 29.3 Å². The lowest BCUT2D eigenvalue weighted by atomic mass is 10.1. The summed E-state index contributed by atoms with van der Waals surface area (Å²) < 4.78 is 6.54. The predicted molar refractivity (Wildman–Crippen MR) is 92.7 cm³/mol. The molecule has 0 N–H and O–H groups in total. The number of carbonyl (C=O) groups excluding carboxylic acids is 3. The van der Waals surface area contributed by atoms with Gasteiger partial charge in [0.1, 0.15) is 0 Å². The zero-order chi connectivity index (χ0) is 19.0. The van der Waals surface area contributed by atoms with Crippen LogP contribution in [0.4, 0.5) is 0 Å². The van der Waals surface area contributed by atoms with Crippen molar-refractivity contribution in [2.75, 3.05) is 0 Å². The zero-order valence-electron chi connectivity index (χ0n) is 14.1. The van der Waals surface area contributed by atoms with E-state index < -0.39 is 23.5 Å². The highest BCUT2D eigenvalue weighted by Gasteiger charge is 2.38. The summed E-state index contributed by atoms with van der Waals surface area (Å²) in [6.45, 7) is 0.243. The Morgan fingerprint density at radius 1 is 0.926 bits per heavy atom. The summed E-state index contributed by atoms with van der Waals surface area (Å²) in [5.74, 6) is -2.57. The lowest BCUT2D eigenvalue weighted by Gasteiger charge is -2.12. The third kappa shape index (κ3) is 2.91. The van der Waals surface area contributed by atoms with Gasteiger partial charge in [0.05, 0.1) is 16.6 Å². The van der Waals surface area contributed by atoms with Gasteiger partial charge in [0.25, 0.3) is 11.8 Å². The third-order valence-electron chi connectivity index (χ3n) is 4.29. The molecule has 0 fully saturated rings. The van der Waals surface area contributed by atoms with Crippen LogP contribution < -0.4 is 5.76 Å². The molecule has 27 heavy (non-hydrogen) atoms. The van der Waals surface area contributed by atoms with E-state index in [1.165, 1.54) is 16.7 Å². The minimum absolute atomic E-state index is 0.0701. The van der Waals surface area contributed by atoms with E-state index in [1.54, 1.807) is 36.4 Å². The first kappa shape index (κ1) is 16.8. The summed E-state index contributed by atoms with van der Waals surface area (Å²) in [5, 5.41) is 0.479. The molecule has 0 spiro atoms. The third-order valence-corrected chi connectivity index (χ3v) is 4.29. The average molecular weight is 366 g/mol. The number of nitrogens with zero attached hydrogens (tertiary/aromatic N) is 2. The van der Waals surface area contributed by atoms with Crippen molar-refractivity contribution in [1.29, 1.82) is 0 Å². The molecule has 8 heteroatoms. The normalized spacial score (nSPS) is 13.3. The van der Waals surface area contributed by atoms with E-state index in [0.29, 0.717) is 16.2 Å². The smallest absolute Gasteiger partial charge is 0.408 e. The second-order valence-corrected chi connectivity index (χ2v) is 6.00. The van der Waals surface area contributed by atoms with E-state index in [0.717, 1.165) is 0 Å². The van der Waals surface area contributed by atoms with Crippen molar-refractivity contribution in [3.8, 4) is 0 Å². The van der Waals surface area contributed by atoms with Crippen LogP contribution in [0.15, 0.2) is 57.7 Å². The standard InChI is InChI=1S/C19H14N2O6/c22-16(27-21-17(23)12-6-1-2-7-13(12)18(21)24)10-5-11-20-14-8-3-4-9-15(14)26-19(20)25/h1-4,6-9H,5,10-11H2. The molecule has 0 bridgehead atoms. The average Bonchev–Trinajstić information content (AvgIpc) is 3.11. The monoisotopic (exact) mass is 366 g/mol. The van der Waals surface area contributed by atoms with E-state index in [2.05, 4.69) is 0 Å². The molecule has 1 aliphatic heterocycles. The number of hydroxylamine groups is 2. The maximum Gasteiger partial charge on any atom is 0.419 e. The van der Waals surface area contributed by atoms with Gasteiger partial charge in [0.2, 0.25) is 0 Å². The summed E-state index contributed by atoms with van der Waals surface area (Å²) in [5.41, 5.74) is 1.51. The lowest BCUT2D eigenvalue weighted by molar-refractivity contribution is -0.168. The maximum atomic E-state index is 12.2. The Morgan fingerprint density at radius 3 is 2.26 bits per heavy atom. The topological polar surface area (TPSA) is 98.8 Å². The molecule has 0 atom stereocenters. The van der Waals surface area contributed by atoms with Crippen LogP contribution in [0.1, 0.15) is 33.6 Å². The first-order chi connectivity index (χ1) is 13.1. The van der Waals surface area contributed by atoms with Crippen LogP contribution in [0.25, 0.3) is 11.1 Å². The van der Waals surface area contributed by atoms with Crippen molar-refractivity contribution in [3.05, 3.63) is 70.2 Å². The van der Waals surface area contributed by atoms with E-state index in [1.807, 2.05) is 0 Å². The Bertz CT molecular complexity index is 1090. The fourth-order valence-corrected chi connectivity index (χ4v) is 3.00. The summed E-state index contributed by atoms with van der Waals surface area (Å²) in [6, 6.07) is 13.2. The van der Waals surface area contributed by atoms with Gasteiger partial charge < -0.3 is 9.25 Å². The fourth-order valence-electron chi connectivity index (χ4n) is 3.00. The Kier molecular flexibility index (Phi) is 4.08. The van der Waals surface area contributed by atoms with E-state index >= 15 is 0 Å². The first-order valence-electron chi connectivity index (χ1n) is 8.33. The highest BCUT2D eigenvalue weighted by Crippen LogP contribution is 2.23. The Morgan fingerprint density at radius 2 is 1.56 bits per heavy atom. The minimum Gasteiger partial charge on any atom is -0.408 e. The number of benzene rings is 2. The quantitative estimate of drug-likeness (QED) is 0.642. The van der Waals surface area contributed by atoms with Gasteiger partial charge in [-0.2, -0.15) is 0 Å². The highest BCUT2D eigenvalue weighted by molar-refractivity contribution is 6.20. The largest absolute Gasteiger partial charge is 0.419 e. The first-order valence-corrected chi connectivity index (χ1v) is 8.33. The van der Waals surface area contributed by atoms with Gasteiger partial charge in [0.15, 0.2) is 5.58 Å². The number of hydrogen-bond donors (Lipinski definition) is 0. The van der Waals surface area contributed by atoms with Gasteiger partial charge in [0, 0.05) is 13.0 Å². The van der Waals surface area contributed by atoms with Crippen molar-refractivity contribution in [1.82, 2.24) is 9.63 Å². The molecule has 1 aliphatic rings. The highest BCUT2D eigenvalue weighted by atomic mass is 16.7. The molecule has 2 aromatic carbocycles. The number of aromatic nitrogens is 1. The molecular formula is C19H14N2O6. The summed E-state index contributed by atoms with van der Waals surface area (Å²) in [7, 11) is 0. The number of imide groups is 1. The van der Waals surface area contributed by atoms with Crippen LogP contribution in [-0.4, -0.2) is 27.4 Å². The van der Waals surface area contributed by atoms with Gasteiger partial charge in [-0.3, -0.25) is 14.2 Å². The Balaban J connectivity index is 1.38. The number of amides is 2. The second kappa shape index (κ2) is 6.56. The second-order valence-electron chi connectivity index (χ2n) is 6.00. The van der Waals surface area contributed by atoms with Crippen LogP contribution in [0.3, 0.4) is 0 Å². The maximum absolute atomic E-state index is 12.2. The van der Waals surface area contributed by atoms with Crippen LogP contribution in [-0.2, 0) is 16.2 Å². The van der Waals surface area contributed by atoms with Crippen molar-refractivity contribution in [2.24, 2.45) is 0 Å². The summed E-state index contributed by atoms with van der Waals surface area (Å²) >= 11 is 0.